The van der Waals surface area contributed by atoms with E-state index in [1.54, 1.807) is 0 Å². The van der Waals surface area contributed by atoms with Crippen LogP contribution in [0.3, 0.4) is 0 Å². The van der Waals surface area contributed by atoms with Gasteiger partial charge in [-0.05, 0) is 11.6 Å². The van der Waals surface area contributed by atoms with Crippen molar-refractivity contribution in [1.29, 1.82) is 0 Å². The predicted molar refractivity (Wildman–Crippen MR) is 63.5 cm³/mol. The van der Waals surface area contributed by atoms with E-state index in [0.29, 0.717) is 13.2 Å². The third-order valence-corrected chi connectivity index (χ3v) is 2.51. The van der Waals surface area contributed by atoms with E-state index in [2.05, 4.69) is 0 Å². The molecule has 1 aromatic rings. The second-order valence-electron chi connectivity index (χ2n) is 3.64. The number of ether oxygens (including phenoxy) is 1. The summed E-state index contributed by atoms with van der Waals surface area (Å²) in [5, 5.41) is 8.90. The van der Waals surface area contributed by atoms with Gasteiger partial charge in [-0.15, -0.1) is 0 Å². The van der Waals surface area contributed by atoms with Crippen LogP contribution < -0.4 is 0 Å². The van der Waals surface area contributed by atoms with Gasteiger partial charge >= 0.3 is 5.90 Å². The maximum Gasteiger partial charge on any atom is 0.362 e. The quantitative estimate of drug-likeness (QED) is 0.768. The monoisotopic (exact) mass is 218 g/mol. The summed E-state index contributed by atoms with van der Waals surface area (Å²) < 4.78 is 7.53. The summed E-state index contributed by atoms with van der Waals surface area (Å²) in [4.78, 5) is 0. The molecule has 2 rings (SSSR count). The third kappa shape index (κ3) is 2.70. The van der Waals surface area contributed by atoms with Gasteiger partial charge in [0, 0.05) is 0 Å². The molecule has 0 fully saturated rings. The number of rotatable bonds is 4. The minimum atomic E-state index is 0.159. The Kier molecular flexibility index (Phi) is 3.72. The maximum atomic E-state index is 8.90. The second-order valence-corrected chi connectivity index (χ2v) is 3.64. The van der Waals surface area contributed by atoms with Crippen LogP contribution in [0.4, 0.5) is 0 Å². The fraction of sp³-hybridized carbons (Fsp3) is 0.308. The van der Waals surface area contributed by atoms with Crippen molar-refractivity contribution in [2.24, 2.45) is 0 Å². The zero-order valence-electron chi connectivity index (χ0n) is 9.17. The first kappa shape index (κ1) is 10.9. The molecule has 0 spiro atoms. The molecule has 0 radical (unpaired) electrons. The molecule has 1 heterocycles. The smallest absolute Gasteiger partial charge is 0.362 e. The van der Waals surface area contributed by atoms with Gasteiger partial charge in [-0.2, -0.15) is 4.58 Å². The Morgan fingerprint density at radius 2 is 2.06 bits per heavy atom. The summed E-state index contributed by atoms with van der Waals surface area (Å²) in [5.41, 5.74) is 1.15. The zero-order chi connectivity index (χ0) is 11.2. The molecule has 1 aliphatic heterocycles. The summed E-state index contributed by atoms with van der Waals surface area (Å²) in [6, 6.07) is 10.1. The van der Waals surface area contributed by atoms with Gasteiger partial charge in [-0.3, -0.25) is 0 Å². The summed E-state index contributed by atoms with van der Waals surface area (Å²) in [7, 11) is 0. The molecule has 0 aliphatic carbocycles. The number of benzene rings is 1. The zero-order valence-corrected chi connectivity index (χ0v) is 9.17. The van der Waals surface area contributed by atoms with Crippen LogP contribution >= 0.6 is 0 Å². The van der Waals surface area contributed by atoms with Crippen molar-refractivity contribution in [3.63, 3.8) is 0 Å². The molecule has 3 heteroatoms. The van der Waals surface area contributed by atoms with E-state index < -0.39 is 0 Å². The second kappa shape index (κ2) is 5.47. The van der Waals surface area contributed by atoms with Gasteiger partial charge in [-0.1, -0.05) is 30.3 Å². The maximum absolute atomic E-state index is 8.90. The van der Waals surface area contributed by atoms with Gasteiger partial charge in [0.15, 0.2) is 19.7 Å². The average molecular weight is 218 g/mol. The Morgan fingerprint density at radius 1 is 1.25 bits per heavy atom. The van der Waals surface area contributed by atoms with Crippen molar-refractivity contribution in [2.75, 3.05) is 26.3 Å². The van der Waals surface area contributed by atoms with Crippen LogP contribution in [-0.2, 0) is 4.74 Å². The minimum absolute atomic E-state index is 0.159. The fourth-order valence-electron chi connectivity index (χ4n) is 1.69. The fourth-order valence-corrected chi connectivity index (χ4v) is 1.69. The number of hydrogen-bond acceptors (Lipinski definition) is 2. The molecule has 84 valence electrons. The van der Waals surface area contributed by atoms with E-state index in [0.717, 1.165) is 18.0 Å². The molecule has 16 heavy (non-hydrogen) atoms. The lowest BCUT2D eigenvalue weighted by molar-refractivity contribution is -0.519. The first-order chi connectivity index (χ1) is 7.90. The molecule has 0 atom stereocenters. The summed E-state index contributed by atoms with van der Waals surface area (Å²) in [6.07, 6.45) is 3.98. The Hall–Kier alpha value is -1.61. The highest BCUT2D eigenvalue weighted by Crippen LogP contribution is 2.03. The van der Waals surface area contributed by atoms with Crippen LogP contribution in [0, 0.1) is 0 Å². The first-order valence-electron chi connectivity index (χ1n) is 5.49. The lowest BCUT2D eigenvalue weighted by atomic mass is 10.2. The van der Waals surface area contributed by atoms with Gasteiger partial charge in [0.25, 0.3) is 0 Å². The Bertz CT molecular complexity index is 396. The van der Waals surface area contributed by atoms with Crippen molar-refractivity contribution < 1.29 is 14.4 Å². The molecular weight excluding hydrogens is 202 g/mol. The molecule has 0 bridgehead atoms. The average Bonchev–Trinajstić information content (AvgIpc) is 2.76. The molecular formula is C13H16NO2+. The first-order valence-corrected chi connectivity index (χ1v) is 5.49. The SMILES string of the molecule is OCC[N+]1=C(/C=C/c2ccccc2)OCC1. The Labute approximate surface area is 95.3 Å². The number of aliphatic hydroxyl groups excluding tert-OH is 1. The van der Waals surface area contributed by atoms with Crippen LogP contribution in [-0.4, -0.2) is 41.9 Å². The number of nitrogens with zero attached hydrogens (tertiary/aromatic N) is 1. The van der Waals surface area contributed by atoms with Gasteiger partial charge in [0.2, 0.25) is 0 Å². The molecule has 1 aromatic carbocycles. The summed E-state index contributed by atoms with van der Waals surface area (Å²) in [5.74, 6) is 0.845. The van der Waals surface area contributed by atoms with Crippen LogP contribution in [0.5, 0.6) is 0 Å². The lowest BCUT2D eigenvalue weighted by Gasteiger charge is -1.94. The van der Waals surface area contributed by atoms with Gasteiger partial charge in [-0.25, -0.2) is 0 Å². The lowest BCUT2D eigenvalue weighted by Crippen LogP contribution is -2.18. The van der Waals surface area contributed by atoms with E-state index in [1.807, 2.05) is 47.1 Å². The van der Waals surface area contributed by atoms with Gasteiger partial charge < -0.3 is 9.84 Å². The molecule has 0 aromatic heterocycles. The minimum Gasteiger partial charge on any atom is -0.438 e. The molecule has 0 saturated carbocycles. The van der Waals surface area contributed by atoms with E-state index in [-0.39, 0.29) is 6.61 Å². The van der Waals surface area contributed by atoms with Crippen molar-refractivity contribution >= 4 is 12.0 Å². The topological polar surface area (TPSA) is 32.5 Å². The van der Waals surface area contributed by atoms with Crippen LogP contribution in [0.25, 0.3) is 6.08 Å². The largest absolute Gasteiger partial charge is 0.438 e. The molecule has 0 saturated heterocycles. The van der Waals surface area contributed by atoms with E-state index in [1.165, 1.54) is 0 Å². The van der Waals surface area contributed by atoms with E-state index >= 15 is 0 Å². The highest BCUT2D eigenvalue weighted by Gasteiger charge is 2.20. The van der Waals surface area contributed by atoms with E-state index in [4.69, 9.17) is 9.84 Å². The number of β-amino-alcohol motifs (C(OH)–C–C–N with tert-alkyl or cyclic N) is 1. The van der Waals surface area contributed by atoms with Crippen LogP contribution in [0.15, 0.2) is 36.4 Å². The normalized spacial score (nSPS) is 15.8. The van der Waals surface area contributed by atoms with Gasteiger partial charge in [0.05, 0.1) is 6.08 Å². The van der Waals surface area contributed by atoms with Gasteiger partial charge in [0.1, 0.15) is 6.61 Å². The molecule has 1 N–H and O–H groups in total. The number of hydrogen-bond donors (Lipinski definition) is 1. The molecule has 1 aliphatic rings. The third-order valence-electron chi connectivity index (χ3n) is 2.51. The van der Waals surface area contributed by atoms with E-state index in [9.17, 15) is 0 Å². The molecule has 3 nitrogen and oxygen atoms in total. The Morgan fingerprint density at radius 3 is 2.81 bits per heavy atom. The van der Waals surface area contributed by atoms with Crippen LogP contribution in [0.1, 0.15) is 5.56 Å². The van der Waals surface area contributed by atoms with Crippen molar-refractivity contribution in [3.8, 4) is 0 Å². The van der Waals surface area contributed by atoms with Crippen LogP contribution in [0.2, 0.25) is 0 Å². The molecule has 0 amide bonds. The van der Waals surface area contributed by atoms with Crippen molar-refractivity contribution in [1.82, 2.24) is 0 Å². The summed E-state index contributed by atoms with van der Waals surface area (Å²) in [6.45, 7) is 2.35. The highest BCUT2D eigenvalue weighted by atomic mass is 16.5. The predicted octanol–water partition coefficient (Wildman–Crippen LogP) is 1.13. The molecule has 0 unspecified atom stereocenters. The Balaban J connectivity index is 2.09. The highest BCUT2D eigenvalue weighted by molar-refractivity contribution is 5.88. The van der Waals surface area contributed by atoms with Crippen molar-refractivity contribution in [2.45, 2.75) is 0 Å². The van der Waals surface area contributed by atoms with Crippen molar-refractivity contribution in [3.05, 3.63) is 42.0 Å². The summed E-state index contributed by atoms with van der Waals surface area (Å²) >= 11 is 0. The number of aliphatic hydroxyl groups is 1. The standard InChI is InChI=1S/C13H16NO2/c15-10-8-14-9-11-16-13(14)7-6-12-4-2-1-3-5-12/h1-7,15H,8-11H2/q+1/b7-6+.